The average Bonchev–Trinajstić information content (AvgIpc) is 3.06. The Kier molecular flexibility index (Phi) is 5.42. The second-order valence-corrected chi connectivity index (χ2v) is 8.63. The van der Waals surface area contributed by atoms with Gasteiger partial charge in [-0.15, -0.1) is 10.2 Å². The highest BCUT2D eigenvalue weighted by Gasteiger charge is 2.25. The molecule has 7 nitrogen and oxygen atoms in total. The molecule has 0 unspecified atom stereocenters. The molecular weight excluding hydrogens is 346 g/mol. The van der Waals surface area contributed by atoms with Gasteiger partial charge in [0.25, 0.3) is 0 Å². The quantitative estimate of drug-likeness (QED) is 0.839. The van der Waals surface area contributed by atoms with Crippen LogP contribution in [-0.2, 0) is 10.0 Å². The number of hydrogen-bond acceptors (Lipinski definition) is 7. The third-order valence-electron chi connectivity index (χ3n) is 3.88. The first-order valence-corrected chi connectivity index (χ1v) is 10.5. The van der Waals surface area contributed by atoms with E-state index in [1.807, 2.05) is 25.1 Å². The molecule has 1 aliphatic rings. The molecule has 3 heterocycles. The lowest BCUT2D eigenvalue weighted by Crippen LogP contribution is -2.45. The molecule has 0 amide bonds. The van der Waals surface area contributed by atoms with Crippen LogP contribution in [0.1, 0.15) is 26.2 Å². The van der Waals surface area contributed by atoms with Crippen LogP contribution < -0.4 is 9.62 Å². The van der Waals surface area contributed by atoms with Crippen molar-refractivity contribution in [2.75, 3.05) is 23.7 Å². The van der Waals surface area contributed by atoms with Gasteiger partial charge in [0.05, 0.1) is 5.75 Å². The molecule has 1 fully saturated rings. The zero-order valence-electron chi connectivity index (χ0n) is 13.6. The monoisotopic (exact) mass is 367 g/mol. The Morgan fingerprint density at radius 2 is 2.08 bits per heavy atom. The lowest BCUT2D eigenvalue weighted by Gasteiger charge is -2.31. The van der Waals surface area contributed by atoms with Crippen LogP contribution in [0.25, 0.3) is 10.7 Å². The SMILES string of the molecule is CCCS(=O)(=O)NC1CCN(c2nnc(-c3ccccn3)s2)CC1. The van der Waals surface area contributed by atoms with Crippen LogP contribution in [0.2, 0.25) is 0 Å². The van der Waals surface area contributed by atoms with Gasteiger partial charge in [0, 0.05) is 25.3 Å². The van der Waals surface area contributed by atoms with Crippen molar-refractivity contribution in [3.8, 4) is 10.7 Å². The van der Waals surface area contributed by atoms with Crippen LogP contribution in [0.4, 0.5) is 5.13 Å². The molecule has 1 N–H and O–H groups in total. The van der Waals surface area contributed by atoms with Crippen LogP contribution in [0.3, 0.4) is 0 Å². The molecule has 0 bridgehead atoms. The van der Waals surface area contributed by atoms with E-state index >= 15 is 0 Å². The van der Waals surface area contributed by atoms with E-state index in [4.69, 9.17) is 0 Å². The fourth-order valence-electron chi connectivity index (χ4n) is 2.71. The van der Waals surface area contributed by atoms with Gasteiger partial charge >= 0.3 is 0 Å². The Bertz CT molecular complexity index is 755. The van der Waals surface area contributed by atoms with Gasteiger partial charge in [-0.2, -0.15) is 0 Å². The second-order valence-electron chi connectivity index (χ2n) is 5.80. The Labute approximate surface area is 146 Å². The summed E-state index contributed by atoms with van der Waals surface area (Å²) in [6, 6.07) is 5.73. The van der Waals surface area contributed by atoms with E-state index < -0.39 is 10.0 Å². The third kappa shape index (κ3) is 4.28. The molecule has 2 aromatic rings. The molecule has 0 aliphatic carbocycles. The van der Waals surface area contributed by atoms with Gasteiger partial charge in [0.15, 0.2) is 5.01 Å². The van der Waals surface area contributed by atoms with E-state index in [2.05, 4.69) is 24.8 Å². The topological polar surface area (TPSA) is 88.1 Å². The third-order valence-corrected chi connectivity index (χ3v) is 6.53. The Morgan fingerprint density at radius 1 is 1.29 bits per heavy atom. The van der Waals surface area contributed by atoms with E-state index in [0.717, 1.165) is 41.8 Å². The molecule has 9 heteroatoms. The van der Waals surface area contributed by atoms with Gasteiger partial charge in [-0.1, -0.05) is 24.3 Å². The zero-order valence-corrected chi connectivity index (χ0v) is 15.2. The summed E-state index contributed by atoms with van der Waals surface area (Å²) >= 11 is 1.52. The minimum Gasteiger partial charge on any atom is -0.347 e. The maximum atomic E-state index is 11.9. The predicted octanol–water partition coefficient (Wildman–Crippen LogP) is 1.90. The van der Waals surface area contributed by atoms with Gasteiger partial charge in [0.2, 0.25) is 15.2 Å². The highest BCUT2D eigenvalue weighted by Crippen LogP contribution is 2.29. The van der Waals surface area contributed by atoms with E-state index in [-0.39, 0.29) is 11.8 Å². The van der Waals surface area contributed by atoms with Crippen molar-refractivity contribution >= 4 is 26.5 Å². The summed E-state index contributed by atoms with van der Waals surface area (Å²) < 4.78 is 26.5. The molecule has 24 heavy (non-hydrogen) atoms. The zero-order chi connectivity index (χ0) is 17.0. The Balaban J connectivity index is 1.58. The molecule has 2 aromatic heterocycles. The van der Waals surface area contributed by atoms with Crippen LogP contribution >= 0.6 is 11.3 Å². The summed E-state index contributed by atoms with van der Waals surface area (Å²) in [6.07, 6.45) is 3.93. The number of pyridine rings is 1. The number of piperidine rings is 1. The van der Waals surface area contributed by atoms with Crippen molar-refractivity contribution in [1.29, 1.82) is 0 Å². The summed E-state index contributed by atoms with van der Waals surface area (Å²) in [6.45, 7) is 3.42. The molecule has 0 spiro atoms. The summed E-state index contributed by atoms with van der Waals surface area (Å²) in [7, 11) is -3.15. The predicted molar refractivity (Wildman–Crippen MR) is 95.6 cm³/mol. The molecule has 3 rings (SSSR count). The smallest absolute Gasteiger partial charge is 0.211 e. The summed E-state index contributed by atoms with van der Waals surface area (Å²) in [5, 5.41) is 10.1. The van der Waals surface area contributed by atoms with E-state index in [1.54, 1.807) is 6.20 Å². The van der Waals surface area contributed by atoms with Crippen LogP contribution in [0, 0.1) is 0 Å². The summed E-state index contributed by atoms with van der Waals surface area (Å²) in [4.78, 5) is 6.45. The van der Waals surface area contributed by atoms with Gasteiger partial charge in [-0.3, -0.25) is 4.98 Å². The molecule has 1 saturated heterocycles. The average molecular weight is 368 g/mol. The van der Waals surface area contributed by atoms with Crippen molar-refractivity contribution in [2.24, 2.45) is 0 Å². The Hall–Kier alpha value is -1.58. The first-order chi connectivity index (χ1) is 11.6. The molecule has 0 aromatic carbocycles. The minimum absolute atomic E-state index is 0.0148. The number of aromatic nitrogens is 3. The fourth-order valence-corrected chi connectivity index (χ4v) is 4.98. The van der Waals surface area contributed by atoms with Crippen LogP contribution in [0.15, 0.2) is 24.4 Å². The van der Waals surface area contributed by atoms with Gasteiger partial charge in [-0.05, 0) is 31.4 Å². The molecule has 130 valence electrons. The number of nitrogens with zero attached hydrogens (tertiary/aromatic N) is 4. The molecule has 0 saturated carbocycles. The molecule has 0 atom stereocenters. The molecular formula is C15H21N5O2S2. The minimum atomic E-state index is -3.15. The number of rotatable bonds is 6. The normalized spacial score (nSPS) is 16.5. The van der Waals surface area contributed by atoms with Crippen LogP contribution in [-0.4, -0.2) is 48.5 Å². The van der Waals surface area contributed by atoms with Crippen molar-refractivity contribution in [3.63, 3.8) is 0 Å². The van der Waals surface area contributed by atoms with E-state index in [1.165, 1.54) is 11.3 Å². The van der Waals surface area contributed by atoms with Gasteiger partial charge in [0.1, 0.15) is 5.69 Å². The molecule has 0 radical (unpaired) electrons. The maximum Gasteiger partial charge on any atom is 0.211 e. The largest absolute Gasteiger partial charge is 0.347 e. The van der Waals surface area contributed by atoms with Crippen molar-refractivity contribution in [1.82, 2.24) is 19.9 Å². The van der Waals surface area contributed by atoms with E-state index in [9.17, 15) is 8.42 Å². The first-order valence-electron chi connectivity index (χ1n) is 8.07. The van der Waals surface area contributed by atoms with Crippen molar-refractivity contribution < 1.29 is 8.42 Å². The summed E-state index contributed by atoms with van der Waals surface area (Å²) in [5.41, 5.74) is 0.823. The van der Waals surface area contributed by atoms with Crippen molar-refractivity contribution in [2.45, 2.75) is 32.2 Å². The first kappa shape index (κ1) is 17.2. The lowest BCUT2D eigenvalue weighted by atomic mass is 10.1. The highest BCUT2D eigenvalue weighted by atomic mass is 32.2. The van der Waals surface area contributed by atoms with Gasteiger partial charge < -0.3 is 4.90 Å². The lowest BCUT2D eigenvalue weighted by molar-refractivity contribution is 0.459. The number of anilines is 1. The maximum absolute atomic E-state index is 11.9. The number of nitrogens with one attached hydrogen (secondary N) is 1. The van der Waals surface area contributed by atoms with E-state index in [0.29, 0.717) is 6.42 Å². The number of hydrogen-bond donors (Lipinski definition) is 1. The second kappa shape index (κ2) is 7.54. The number of sulfonamides is 1. The summed E-state index contributed by atoms with van der Waals surface area (Å²) in [5.74, 6) is 0.192. The van der Waals surface area contributed by atoms with Crippen molar-refractivity contribution in [3.05, 3.63) is 24.4 Å². The standard InChI is InChI=1S/C15H21N5O2S2/c1-2-11-24(21,22)19-12-6-9-20(10-7-12)15-18-17-14(23-15)13-5-3-4-8-16-13/h3-5,8,12,19H,2,6-7,9-11H2,1H3. The van der Waals surface area contributed by atoms with Gasteiger partial charge in [-0.25, -0.2) is 13.1 Å². The highest BCUT2D eigenvalue weighted by molar-refractivity contribution is 7.89. The fraction of sp³-hybridized carbons (Fsp3) is 0.533. The Morgan fingerprint density at radius 3 is 2.75 bits per heavy atom. The van der Waals surface area contributed by atoms with Crippen LogP contribution in [0.5, 0.6) is 0 Å². The molecule has 1 aliphatic heterocycles.